The maximum atomic E-state index is 10.2. The van der Waals surface area contributed by atoms with Crippen molar-refractivity contribution < 1.29 is 10.2 Å². The van der Waals surface area contributed by atoms with Gasteiger partial charge >= 0.3 is 0 Å². The van der Waals surface area contributed by atoms with Crippen molar-refractivity contribution in [3.05, 3.63) is 35.4 Å². The lowest BCUT2D eigenvalue weighted by Gasteiger charge is -2.32. The highest BCUT2D eigenvalue weighted by Crippen LogP contribution is 2.20. The Morgan fingerprint density at radius 2 is 1.83 bits per heavy atom. The topological polar surface area (TPSA) is 43.7 Å². The average molecular weight is 249 g/mol. The summed E-state index contributed by atoms with van der Waals surface area (Å²) < 4.78 is 0. The molecule has 0 radical (unpaired) electrons. The molecule has 1 atom stereocenters. The Morgan fingerprint density at radius 3 is 2.39 bits per heavy atom. The van der Waals surface area contributed by atoms with E-state index in [9.17, 15) is 5.11 Å². The molecule has 1 heterocycles. The van der Waals surface area contributed by atoms with E-state index in [4.69, 9.17) is 5.11 Å². The maximum Gasteiger partial charge on any atom is 0.0916 e. The van der Waals surface area contributed by atoms with Crippen molar-refractivity contribution in [2.24, 2.45) is 5.92 Å². The van der Waals surface area contributed by atoms with Crippen LogP contribution >= 0.6 is 0 Å². The predicted molar refractivity (Wildman–Crippen MR) is 72.4 cm³/mol. The number of likely N-dealkylation sites (tertiary alicyclic amines) is 1. The van der Waals surface area contributed by atoms with Gasteiger partial charge in [-0.05, 0) is 44.3 Å². The summed E-state index contributed by atoms with van der Waals surface area (Å²) in [4.78, 5) is 2.29. The lowest BCUT2D eigenvalue weighted by Crippen LogP contribution is -2.37. The van der Waals surface area contributed by atoms with Crippen LogP contribution in [-0.2, 0) is 0 Å². The highest BCUT2D eigenvalue weighted by atomic mass is 16.3. The Bertz CT molecular complexity index is 355. The summed E-state index contributed by atoms with van der Waals surface area (Å²) in [6, 6.07) is 8.08. The Balaban J connectivity index is 1.84. The van der Waals surface area contributed by atoms with Crippen LogP contribution in [0.25, 0.3) is 0 Å². The van der Waals surface area contributed by atoms with E-state index in [0.29, 0.717) is 19.1 Å². The summed E-state index contributed by atoms with van der Waals surface area (Å²) in [5, 5.41) is 19.3. The van der Waals surface area contributed by atoms with Gasteiger partial charge in [0.25, 0.3) is 0 Å². The van der Waals surface area contributed by atoms with E-state index < -0.39 is 6.10 Å². The number of aliphatic hydroxyl groups is 2. The van der Waals surface area contributed by atoms with Crippen LogP contribution in [0.1, 0.15) is 30.1 Å². The van der Waals surface area contributed by atoms with Crippen molar-refractivity contribution in [2.75, 3.05) is 26.2 Å². The van der Waals surface area contributed by atoms with E-state index in [2.05, 4.69) is 11.8 Å². The number of aliphatic hydroxyl groups excluding tert-OH is 2. The molecule has 0 spiro atoms. The lowest BCUT2D eigenvalue weighted by molar-refractivity contribution is 0.0763. The highest BCUT2D eigenvalue weighted by Gasteiger charge is 2.20. The Kier molecular flexibility index (Phi) is 4.75. The molecule has 3 heteroatoms. The van der Waals surface area contributed by atoms with Gasteiger partial charge in [0.1, 0.15) is 0 Å². The second kappa shape index (κ2) is 6.32. The monoisotopic (exact) mass is 249 g/mol. The SMILES string of the molecule is Cc1ccc(C(O)CN2CCC(CO)CC2)cc1. The largest absolute Gasteiger partial charge is 0.396 e. The number of rotatable bonds is 4. The second-order valence-electron chi connectivity index (χ2n) is 5.35. The minimum atomic E-state index is -0.406. The van der Waals surface area contributed by atoms with Gasteiger partial charge < -0.3 is 15.1 Å². The molecule has 100 valence electrons. The summed E-state index contributed by atoms with van der Waals surface area (Å²) in [6.45, 7) is 5.01. The van der Waals surface area contributed by atoms with E-state index >= 15 is 0 Å². The van der Waals surface area contributed by atoms with Gasteiger partial charge in [-0.1, -0.05) is 29.8 Å². The third kappa shape index (κ3) is 3.55. The molecule has 1 saturated heterocycles. The van der Waals surface area contributed by atoms with Gasteiger partial charge in [-0.3, -0.25) is 0 Å². The number of aryl methyl sites for hydroxylation is 1. The average Bonchev–Trinajstić information content (AvgIpc) is 2.40. The standard InChI is InChI=1S/C15H23NO2/c1-12-2-4-14(5-3-12)15(18)10-16-8-6-13(11-17)7-9-16/h2-5,13,15,17-18H,6-11H2,1H3. The first-order chi connectivity index (χ1) is 8.69. The molecule has 0 amide bonds. The molecule has 2 rings (SSSR count). The van der Waals surface area contributed by atoms with Gasteiger partial charge in [-0.25, -0.2) is 0 Å². The second-order valence-corrected chi connectivity index (χ2v) is 5.35. The van der Waals surface area contributed by atoms with Crippen LogP contribution in [0.2, 0.25) is 0 Å². The first-order valence-electron chi connectivity index (χ1n) is 6.77. The van der Waals surface area contributed by atoms with E-state index in [1.54, 1.807) is 0 Å². The zero-order valence-corrected chi connectivity index (χ0v) is 11.0. The molecule has 1 fully saturated rings. The summed E-state index contributed by atoms with van der Waals surface area (Å²) in [5.41, 5.74) is 2.21. The lowest BCUT2D eigenvalue weighted by atomic mass is 9.97. The van der Waals surface area contributed by atoms with Gasteiger partial charge in [0, 0.05) is 13.2 Å². The van der Waals surface area contributed by atoms with Crippen LogP contribution in [-0.4, -0.2) is 41.4 Å². The molecule has 0 aromatic heterocycles. The molecule has 0 saturated carbocycles. The van der Waals surface area contributed by atoms with E-state index in [0.717, 1.165) is 31.5 Å². The number of nitrogens with zero attached hydrogens (tertiary/aromatic N) is 1. The molecule has 1 aromatic carbocycles. The summed E-state index contributed by atoms with van der Waals surface area (Å²) in [6.07, 6.45) is 1.67. The predicted octanol–water partition coefficient (Wildman–Crippen LogP) is 1.73. The normalized spacial score (nSPS) is 19.9. The van der Waals surface area contributed by atoms with Crippen LogP contribution < -0.4 is 0 Å². The summed E-state index contributed by atoms with van der Waals surface area (Å²) in [5.74, 6) is 0.456. The quantitative estimate of drug-likeness (QED) is 0.854. The van der Waals surface area contributed by atoms with Crippen molar-refractivity contribution in [1.29, 1.82) is 0 Å². The number of piperidine rings is 1. The van der Waals surface area contributed by atoms with Crippen LogP contribution in [0.15, 0.2) is 24.3 Å². The summed E-state index contributed by atoms with van der Waals surface area (Å²) in [7, 11) is 0. The molecule has 1 aromatic rings. The minimum Gasteiger partial charge on any atom is -0.396 e. The Morgan fingerprint density at radius 1 is 1.22 bits per heavy atom. The molecule has 1 unspecified atom stereocenters. The van der Waals surface area contributed by atoms with Crippen molar-refractivity contribution in [3.8, 4) is 0 Å². The number of β-amino-alcohol motifs (C(OH)–C–C–N with tert-alkyl or cyclic N) is 1. The van der Waals surface area contributed by atoms with Crippen molar-refractivity contribution >= 4 is 0 Å². The fraction of sp³-hybridized carbons (Fsp3) is 0.600. The molecule has 3 nitrogen and oxygen atoms in total. The highest BCUT2D eigenvalue weighted by molar-refractivity contribution is 5.23. The third-order valence-corrected chi connectivity index (χ3v) is 3.86. The van der Waals surface area contributed by atoms with Crippen LogP contribution in [0.5, 0.6) is 0 Å². The minimum absolute atomic E-state index is 0.300. The molecule has 0 aliphatic carbocycles. The third-order valence-electron chi connectivity index (χ3n) is 3.86. The number of hydrogen-bond donors (Lipinski definition) is 2. The smallest absolute Gasteiger partial charge is 0.0916 e. The van der Waals surface area contributed by atoms with Gasteiger partial charge in [-0.15, -0.1) is 0 Å². The summed E-state index contributed by atoms with van der Waals surface area (Å²) >= 11 is 0. The molecule has 1 aliphatic rings. The Hall–Kier alpha value is -0.900. The number of benzene rings is 1. The zero-order valence-electron chi connectivity index (χ0n) is 11.0. The van der Waals surface area contributed by atoms with Crippen LogP contribution in [0.4, 0.5) is 0 Å². The van der Waals surface area contributed by atoms with Gasteiger partial charge in [0.15, 0.2) is 0 Å². The van der Waals surface area contributed by atoms with Crippen LogP contribution in [0.3, 0.4) is 0 Å². The molecular formula is C15H23NO2. The maximum absolute atomic E-state index is 10.2. The van der Waals surface area contributed by atoms with Crippen molar-refractivity contribution in [1.82, 2.24) is 4.90 Å². The first-order valence-corrected chi connectivity index (χ1v) is 6.77. The zero-order chi connectivity index (χ0) is 13.0. The molecule has 1 aliphatic heterocycles. The molecule has 0 bridgehead atoms. The van der Waals surface area contributed by atoms with Crippen LogP contribution in [0, 0.1) is 12.8 Å². The Labute approximate surface area is 109 Å². The first kappa shape index (κ1) is 13.5. The van der Waals surface area contributed by atoms with E-state index in [-0.39, 0.29) is 0 Å². The fourth-order valence-corrected chi connectivity index (χ4v) is 2.49. The van der Waals surface area contributed by atoms with E-state index in [1.165, 1.54) is 5.56 Å². The number of hydrogen-bond acceptors (Lipinski definition) is 3. The van der Waals surface area contributed by atoms with E-state index in [1.807, 2.05) is 24.3 Å². The molecular weight excluding hydrogens is 226 g/mol. The van der Waals surface area contributed by atoms with Gasteiger partial charge in [-0.2, -0.15) is 0 Å². The van der Waals surface area contributed by atoms with Gasteiger partial charge in [0.2, 0.25) is 0 Å². The fourth-order valence-electron chi connectivity index (χ4n) is 2.49. The van der Waals surface area contributed by atoms with Crippen molar-refractivity contribution in [2.45, 2.75) is 25.9 Å². The molecule has 18 heavy (non-hydrogen) atoms. The van der Waals surface area contributed by atoms with Gasteiger partial charge in [0.05, 0.1) is 6.10 Å². The van der Waals surface area contributed by atoms with Crippen molar-refractivity contribution in [3.63, 3.8) is 0 Å². The molecule has 2 N–H and O–H groups in total.